The van der Waals surface area contributed by atoms with Gasteiger partial charge in [0.25, 0.3) is 0 Å². The summed E-state index contributed by atoms with van der Waals surface area (Å²) in [7, 11) is 0. The predicted molar refractivity (Wildman–Crippen MR) is 67.8 cm³/mol. The highest BCUT2D eigenvalue weighted by molar-refractivity contribution is 5.62. The van der Waals surface area contributed by atoms with E-state index < -0.39 is 0 Å². The Bertz CT molecular complexity index is 463. The third kappa shape index (κ3) is 2.51. The predicted octanol–water partition coefficient (Wildman–Crippen LogP) is 2.97. The normalized spacial score (nSPS) is 10.1. The molecule has 3 nitrogen and oxygen atoms in total. The molecule has 0 saturated carbocycles. The molecule has 1 heterocycles. The van der Waals surface area contributed by atoms with Crippen LogP contribution in [0.3, 0.4) is 0 Å². The van der Waals surface area contributed by atoms with E-state index in [1.807, 2.05) is 6.07 Å². The van der Waals surface area contributed by atoms with Crippen LogP contribution in [0, 0.1) is 0 Å². The number of benzene rings is 1. The smallest absolute Gasteiger partial charge is 0.0591 e. The Morgan fingerprint density at radius 1 is 1.12 bits per heavy atom. The van der Waals surface area contributed by atoms with Gasteiger partial charge in [0, 0.05) is 11.9 Å². The van der Waals surface area contributed by atoms with Gasteiger partial charge in [-0.1, -0.05) is 19.1 Å². The molecule has 3 N–H and O–H groups in total. The topological polar surface area (TPSA) is 50.9 Å². The molecule has 1 aromatic carbocycles. The quantitative estimate of drug-likeness (QED) is 0.824. The number of pyridine rings is 1. The Labute approximate surface area is 95.3 Å². The summed E-state index contributed by atoms with van der Waals surface area (Å²) in [4.78, 5) is 4.03. The second kappa shape index (κ2) is 4.66. The second-order valence-corrected chi connectivity index (χ2v) is 3.68. The summed E-state index contributed by atoms with van der Waals surface area (Å²) >= 11 is 0. The first-order valence-electron chi connectivity index (χ1n) is 5.34. The Kier molecular flexibility index (Phi) is 3.05. The largest absolute Gasteiger partial charge is 0.397 e. The van der Waals surface area contributed by atoms with Gasteiger partial charge in [0.1, 0.15) is 0 Å². The first kappa shape index (κ1) is 10.5. The molecule has 2 aromatic rings. The molecule has 0 aliphatic carbocycles. The van der Waals surface area contributed by atoms with Crippen molar-refractivity contribution in [1.29, 1.82) is 0 Å². The lowest BCUT2D eigenvalue weighted by molar-refractivity contribution is 1.14. The van der Waals surface area contributed by atoms with Gasteiger partial charge in [-0.2, -0.15) is 0 Å². The minimum atomic E-state index is 0.662. The molecule has 0 fully saturated rings. The average Bonchev–Trinajstić information content (AvgIpc) is 2.30. The van der Waals surface area contributed by atoms with Crippen molar-refractivity contribution in [3.05, 3.63) is 48.3 Å². The number of aryl methyl sites for hydroxylation is 1. The number of nitrogens with two attached hydrogens (primary N) is 1. The summed E-state index contributed by atoms with van der Waals surface area (Å²) in [5.74, 6) is 0. The molecule has 0 spiro atoms. The fraction of sp³-hybridized carbons (Fsp3) is 0.154. The highest BCUT2D eigenvalue weighted by atomic mass is 14.9. The van der Waals surface area contributed by atoms with E-state index in [-0.39, 0.29) is 0 Å². The van der Waals surface area contributed by atoms with Crippen LogP contribution in [0.4, 0.5) is 17.1 Å². The van der Waals surface area contributed by atoms with Crippen molar-refractivity contribution >= 4 is 17.1 Å². The molecule has 2 rings (SSSR count). The molecule has 0 radical (unpaired) electrons. The molecule has 0 aliphatic rings. The third-order valence-electron chi connectivity index (χ3n) is 2.41. The van der Waals surface area contributed by atoms with Crippen LogP contribution in [-0.4, -0.2) is 4.98 Å². The number of nitrogens with one attached hydrogen (secondary N) is 1. The average molecular weight is 213 g/mol. The minimum absolute atomic E-state index is 0.662. The zero-order chi connectivity index (χ0) is 11.4. The van der Waals surface area contributed by atoms with Crippen LogP contribution in [0.2, 0.25) is 0 Å². The lowest BCUT2D eigenvalue weighted by Crippen LogP contribution is -1.93. The standard InChI is InChI=1S/C13H15N3/c1-2-10-3-5-12(6-4-10)16-13-7-11(14)8-15-9-13/h3-9,16H,2,14H2,1H3. The molecular weight excluding hydrogens is 198 g/mol. The van der Waals surface area contributed by atoms with Gasteiger partial charge in [0.15, 0.2) is 0 Å². The number of nitrogens with zero attached hydrogens (tertiary/aromatic N) is 1. The van der Waals surface area contributed by atoms with Crippen LogP contribution in [-0.2, 0) is 6.42 Å². The zero-order valence-electron chi connectivity index (χ0n) is 9.27. The first-order chi connectivity index (χ1) is 7.78. The maximum atomic E-state index is 5.66. The van der Waals surface area contributed by atoms with Gasteiger partial charge in [-0.15, -0.1) is 0 Å². The van der Waals surface area contributed by atoms with Crippen molar-refractivity contribution in [3.63, 3.8) is 0 Å². The number of rotatable bonds is 3. The van der Waals surface area contributed by atoms with Crippen molar-refractivity contribution < 1.29 is 0 Å². The molecule has 0 aliphatic heterocycles. The molecule has 0 unspecified atom stereocenters. The number of anilines is 3. The fourth-order valence-corrected chi connectivity index (χ4v) is 1.52. The summed E-state index contributed by atoms with van der Waals surface area (Å²) < 4.78 is 0. The summed E-state index contributed by atoms with van der Waals surface area (Å²) in [5.41, 5.74) is 9.60. The molecule has 0 atom stereocenters. The van der Waals surface area contributed by atoms with Crippen LogP contribution in [0.1, 0.15) is 12.5 Å². The van der Waals surface area contributed by atoms with Gasteiger partial charge in [0.2, 0.25) is 0 Å². The minimum Gasteiger partial charge on any atom is -0.397 e. The van der Waals surface area contributed by atoms with Crippen molar-refractivity contribution in [1.82, 2.24) is 4.98 Å². The number of hydrogen-bond acceptors (Lipinski definition) is 3. The molecule has 0 bridgehead atoms. The van der Waals surface area contributed by atoms with Gasteiger partial charge in [0.05, 0.1) is 17.6 Å². The van der Waals surface area contributed by atoms with E-state index in [1.54, 1.807) is 12.4 Å². The third-order valence-corrected chi connectivity index (χ3v) is 2.41. The second-order valence-electron chi connectivity index (χ2n) is 3.68. The summed E-state index contributed by atoms with van der Waals surface area (Å²) in [6.07, 6.45) is 4.44. The molecule has 1 aromatic heterocycles. The SMILES string of the molecule is CCc1ccc(Nc2cncc(N)c2)cc1. The highest BCUT2D eigenvalue weighted by Crippen LogP contribution is 2.17. The van der Waals surface area contributed by atoms with Crippen molar-refractivity contribution in [2.75, 3.05) is 11.1 Å². The number of nitrogen functional groups attached to an aromatic ring is 1. The summed E-state index contributed by atoms with van der Waals surface area (Å²) in [5, 5.41) is 3.25. The van der Waals surface area contributed by atoms with E-state index in [2.05, 4.69) is 41.5 Å². The number of aromatic nitrogens is 1. The van der Waals surface area contributed by atoms with Crippen molar-refractivity contribution in [2.45, 2.75) is 13.3 Å². The van der Waals surface area contributed by atoms with Gasteiger partial charge >= 0.3 is 0 Å². The summed E-state index contributed by atoms with van der Waals surface area (Å²) in [6, 6.07) is 10.2. The Morgan fingerprint density at radius 2 is 1.88 bits per heavy atom. The molecule has 0 saturated heterocycles. The van der Waals surface area contributed by atoms with Gasteiger partial charge in [-0.25, -0.2) is 0 Å². The van der Waals surface area contributed by atoms with Crippen LogP contribution in [0.15, 0.2) is 42.7 Å². The zero-order valence-corrected chi connectivity index (χ0v) is 9.27. The first-order valence-corrected chi connectivity index (χ1v) is 5.34. The molecular formula is C13H15N3. The lowest BCUT2D eigenvalue weighted by atomic mass is 10.1. The Balaban J connectivity index is 2.14. The van der Waals surface area contributed by atoms with Crippen LogP contribution >= 0.6 is 0 Å². The summed E-state index contributed by atoms with van der Waals surface area (Å²) in [6.45, 7) is 2.14. The van der Waals surface area contributed by atoms with Crippen molar-refractivity contribution in [2.24, 2.45) is 0 Å². The van der Waals surface area contributed by atoms with Gasteiger partial charge in [-0.3, -0.25) is 4.98 Å². The van der Waals surface area contributed by atoms with Gasteiger partial charge < -0.3 is 11.1 Å². The van der Waals surface area contributed by atoms with E-state index in [1.165, 1.54) is 5.56 Å². The maximum absolute atomic E-state index is 5.66. The fourth-order valence-electron chi connectivity index (χ4n) is 1.52. The molecule has 3 heteroatoms. The Hall–Kier alpha value is -2.03. The molecule has 16 heavy (non-hydrogen) atoms. The van der Waals surface area contributed by atoms with E-state index in [0.717, 1.165) is 17.8 Å². The van der Waals surface area contributed by atoms with Crippen LogP contribution in [0.5, 0.6) is 0 Å². The number of hydrogen-bond donors (Lipinski definition) is 2. The van der Waals surface area contributed by atoms with E-state index in [0.29, 0.717) is 5.69 Å². The van der Waals surface area contributed by atoms with E-state index >= 15 is 0 Å². The molecule has 82 valence electrons. The van der Waals surface area contributed by atoms with Gasteiger partial charge in [-0.05, 0) is 30.2 Å². The lowest BCUT2D eigenvalue weighted by Gasteiger charge is -2.07. The highest BCUT2D eigenvalue weighted by Gasteiger charge is 1.96. The van der Waals surface area contributed by atoms with Crippen LogP contribution in [0.25, 0.3) is 0 Å². The Morgan fingerprint density at radius 3 is 2.50 bits per heavy atom. The van der Waals surface area contributed by atoms with E-state index in [4.69, 9.17) is 5.73 Å². The van der Waals surface area contributed by atoms with E-state index in [9.17, 15) is 0 Å². The van der Waals surface area contributed by atoms with Crippen molar-refractivity contribution in [3.8, 4) is 0 Å². The monoisotopic (exact) mass is 213 g/mol. The van der Waals surface area contributed by atoms with Crippen LogP contribution < -0.4 is 11.1 Å². The maximum Gasteiger partial charge on any atom is 0.0591 e. The molecule has 0 amide bonds.